The Balaban J connectivity index is 1.45. The lowest BCUT2D eigenvalue weighted by Gasteiger charge is -2.24. The SMILES string of the molecule is S=C(NCc1ccccc1)N[C@@H]1C[C@@H]2CC[C@@H]1C2. The molecule has 2 N–H and O–H groups in total. The van der Waals surface area contributed by atoms with Gasteiger partial charge in [-0.25, -0.2) is 0 Å². The van der Waals surface area contributed by atoms with Gasteiger partial charge in [0.25, 0.3) is 0 Å². The van der Waals surface area contributed by atoms with Gasteiger partial charge in [0.15, 0.2) is 5.11 Å². The van der Waals surface area contributed by atoms with Crippen LogP contribution in [0.5, 0.6) is 0 Å². The molecule has 0 unspecified atom stereocenters. The Kier molecular flexibility index (Phi) is 3.50. The second-order valence-corrected chi connectivity index (χ2v) is 6.00. The molecular weight excluding hydrogens is 240 g/mol. The third-order valence-electron chi connectivity index (χ3n) is 4.35. The lowest BCUT2D eigenvalue weighted by molar-refractivity contribution is 0.389. The first-order valence-corrected chi connectivity index (χ1v) is 7.30. The number of nitrogens with one attached hydrogen (secondary N) is 2. The topological polar surface area (TPSA) is 24.1 Å². The lowest BCUT2D eigenvalue weighted by atomic mass is 9.96. The predicted octanol–water partition coefficient (Wildman–Crippen LogP) is 2.84. The van der Waals surface area contributed by atoms with Crippen LogP contribution in [0.3, 0.4) is 0 Å². The molecule has 0 saturated heterocycles. The third kappa shape index (κ3) is 2.66. The van der Waals surface area contributed by atoms with Gasteiger partial charge in [-0.2, -0.15) is 0 Å². The smallest absolute Gasteiger partial charge is 0.166 e. The maximum Gasteiger partial charge on any atom is 0.166 e. The van der Waals surface area contributed by atoms with E-state index in [1.54, 1.807) is 0 Å². The molecule has 2 aliphatic carbocycles. The summed E-state index contributed by atoms with van der Waals surface area (Å²) in [7, 11) is 0. The van der Waals surface area contributed by atoms with E-state index >= 15 is 0 Å². The van der Waals surface area contributed by atoms with Gasteiger partial charge >= 0.3 is 0 Å². The van der Waals surface area contributed by atoms with Crippen LogP contribution >= 0.6 is 12.2 Å². The van der Waals surface area contributed by atoms with Gasteiger partial charge in [0.1, 0.15) is 0 Å². The summed E-state index contributed by atoms with van der Waals surface area (Å²) in [6.07, 6.45) is 5.56. The molecule has 3 heteroatoms. The van der Waals surface area contributed by atoms with Crippen LogP contribution in [-0.2, 0) is 6.54 Å². The van der Waals surface area contributed by atoms with Crippen LogP contribution in [0.15, 0.2) is 30.3 Å². The highest BCUT2D eigenvalue weighted by molar-refractivity contribution is 7.80. The van der Waals surface area contributed by atoms with Crippen molar-refractivity contribution in [2.24, 2.45) is 11.8 Å². The summed E-state index contributed by atoms with van der Waals surface area (Å²) < 4.78 is 0. The molecule has 18 heavy (non-hydrogen) atoms. The maximum absolute atomic E-state index is 5.38. The van der Waals surface area contributed by atoms with E-state index in [1.807, 2.05) is 6.07 Å². The minimum Gasteiger partial charge on any atom is -0.360 e. The average Bonchev–Trinajstić information content (AvgIpc) is 3.00. The van der Waals surface area contributed by atoms with Gasteiger partial charge in [0.05, 0.1) is 0 Å². The Morgan fingerprint density at radius 3 is 2.67 bits per heavy atom. The molecule has 1 aromatic rings. The van der Waals surface area contributed by atoms with Crippen LogP contribution in [0, 0.1) is 11.8 Å². The zero-order valence-electron chi connectivity index (χ0n) is 10.6. The second-order valence-electron chi connectivity index (χ2n) is 5.59. The van der Waals surface area contributed by atoms with Crippen LogP contribution in [-0.4, -0.2) is 11.2 Å². The zero-order valence-corrected chi connectivity index (χ0v) is 11.4. The highest BCUT2D eigenvalue weighted by Gasteiger charge is 2.39. The highest BCUT2D eigenvalue weighted by atomic mass is 32.1. The Morgan fingerprint density at radius 1 is 1.17 bits per heavy atom. The predicted molar refractivity (Wildman–Crippen MR) is 78.3 cm³/mol. The molecule has 1 aromatic carbocycles. The van der Waals surface area contributed by atoms with Gasteiger partial charge in [-0.15, -0.1) is 0 Å². The minimum atomic E-state index is 0.625. The van der Waals surface area contributed by atoms with Crippen molar-refractivity contribution < 1.29 is 0 Å². The molecule has 2 saturated carbocycles. The number of hydrogen-bond donors (Lipinski definition) is 2. The average molecular weight is 260 g/mol. The zero-order chi connectivity index (χ0) is 12.4. The summed E-state index contributed by atoms with van der Waals surface area (Å²) in [6, 6.07) is 11.0. The third-order valence-corrected chi connectivity index (χ3v) is 4.61. The number of hydrogen-bond acceptors (Lipinski definition) is 1. The highest BCUT2D eigenvalue weighted by Crippen LogP contribution is 2.44. The largest absolute Gasteiger partial charge is 0.360 e. The molecule has 3 rings (SSSR count). The van der Waals surface area contributed by atoms with E-state index in [-0.39, 0.29) is 0 Å². The molecule has 0 radical (unpaired) electrons. The standard InChI is InChI=1S/C15H20N2S/c18-15(16-10-11-4-2-1-3-5-11)17-14-9-12-6-7-13(14)8-12/h1-5,12-14H,6-10H2,(H2,16,17,18)/t12-,13-,14-/m1/s1. The normalized spacial score (nSPS) is 29.2. The first-order chi connectivity index (χ1) is 8.81. The lowest BCUT2D eigenvalue weighted by Crippen LogP contribution is -2.43. The number of thiocarbonyl (C=S) groups is 1. The summed E-state index contributed by atoms with van der Waals surface area (Å²) in [6.45, 7) is 0.813. The summed E-state index contributed by atoms with van der Waals surface area (Å²) in [5.74, 6) is 1.83. The fraction of sp³-hybridized carbons (Fsp3) is 0.533. The van der Waals surface area contributed by atoms with Gasteiger partial charge in [0, 0.05) is 12.6 Å². The Morgan fingerprint density at radius 2 is 2.00 bits per heavy atom. The van der Waals surface area contributed by atoms with Crippen molar-refractivity contribution in [3.05, 3.63) is 35.9 Å². The Bertz CT molecular complexity index is 418. The van der Waals surface area contributed by atoms with Gasteiger partial charge in [0.2, 0.25) is 0 Å². The summed E-state index contributed by atoms with van der Waals surface area (Å²) in [5, 5.41) is 7.62. The van der Waals surface area contributed by atoms with E-state index in [4.69, 9.17) is 12.2 Å². The Labute approximate surface area is 114 Å². The molecule has 3 atom stereocenters. The molecule has 2 aliphatic rings. The van der Waals surface area contributed by atoms with Crippen LogP contribution in [0.2, 0.25) is 0 Å². The van der Waals surface area contributed by atoms with Crippen molar-refractivity contribution in [3.8, 4) is 0 Å². The van der Waals surface area contributed by atoms with E-state index in [0.717, 1.165) is 23.5 Å². The van der Waals surface area contributed by atoms with Crippen LogP contribution in [0.25, 0.3) is 0 Å². The van der Waals surface area contributed by atoms with Gasteiger partial charge in [-0.1, -0.05) is 36.8 Å². The van der Waals surface area contributed by atoms with E-state index in [0.29, 0.717) is 6.04 Å². The summed E-state index contributed by atoms with van der Waals surface area (Å²) >= 11 is 5.38. The second kappa shape index (κ2) is 5.27. The van der Waals surface area contributed by atoms with E-state index in [9.17, 15) is 0 Å². The van der Waals surface area contributed by atoms with Crippen LogP contribution in [0.1, 0.15) is 31.2 Å². The molecule has 2 bridgehead atoms. The van der Waals surface area contributed by atoms with Crippen molar-refractivity contribution >= 4 is 17.3 Å². The quantitative estimate of drug-likeness (QED) is 0.817. The first-order valence-electron chi connectivity index (χ1n) is 6.89. The molecular formula is C15H20N2S. The fourth-order valence-corrected chi connectivity index (χ4v) is 3.64. The summed E-state index contributed by atoms with van der Waals surface area (Å²) in [5.41, 5.74) is 1.27. The molecule has 0 aromatic heterocycles. The van der Waals surface area contributed by atoms with Crippen molar-refractivity contribution in [3.63, 3.8) is 0 Å². The fourth-order valence-electron chi connectivity index (χ4n) is 3.42. The first kappa shape index (κ1) is 12.0. The van der Waals surface area contributed by atoms with Gasteiger partial charge in [-0.05, 0) is 48.9 Å². The number of rotatable bonds is 3. The molecule has 2 nitrogen and oxygen atoms in total. The molecule has 2 fully saturated rings. The minimum absolute atomic E-state index is 0.625. The molecule has 0 spiro atoms. The van der Waals surface area contributed by atoms with Crippen molar-refractivity contribution in [1.82, 2.24) is 10.6 Å². The van der Waals surface area contributed by atoms with Crippen molar-refractivity contribution in [1.29, 1.82) is 0 Å². The van der Waals surface area contributed by atoms with Crippen molar-refractivity contribution in [2.45, 2.75) is 38.3 Å². The van der Waals surface area contributed by atoms with E-state index in [2.05, 4.69) is 34.9 Å². The van der Waals surface area contributed by atoms with Gasteiger partial charge in [-0.3, -0.25) is 0 Å². The van der Waals surface area contributed by atoms with Crippen molar-refractivity contribution in [2.75, 3.05) is 0 Å². The maximum atomic E-state index is 5.38. The molecule has 0 heterocycles. The number of fused-ring (bicyclic) bond motifs is 2. The monoisotopic (exact) mass is 260 g/mol. The molecule has 96 valence electrons. The molecule has 0 aliphatic heterocycles. The van der Waals surface area contributed by atoms with Gasteiger partial charge < -0.3 is 10.6 Å². The number of benzene rings is 1. The van der Waals surface area contributed by atoms with Crippen LogP contribution in [0.4, 0.5) is 0 Å². The van der Waals surface area contributed by atoms with E-state index < -0.39 is 0 Å². The van der Waals surface area contributed by atoms with Crippen LogP contribution < -0.4 is 10.6 Å². The Hall–Kier alpha value is -1.09. The molecule has 0 amide bonds. The summed E-state index contributed by atoms with van der Waals surface area (Å²) in [4.78, 5) is 0. The van der Waals surface area contributed by atoms with E-state index in [1.165, 1.54) is 31.2 Å².